The minimum atomic E-state index is 0.271. The highest BCUT2D eigenvalue weighted by Crippen LogP contribution is 2.14. The highest BCUT2D eigenvalue weighted by atomic mass is 16.5. The number of aromatic nitrogens is 2. The molecule has 0 saturated carbocycles. The van der Waals surface area contributed by atoms with E-state index < -0.39 is 0 Å². The van der Waals surface area contributed by atoms with Crippen LogP contribution in [-0.4, -0.2) is 28.2 Å². The second kappa shape index (κ2) is 4.00. The van der Waals surface area contributed by atoms with Crippen molar-refractivity contribution in [3.8, 4) is 6.01 Å². The number of piperidine rings is 1. The lowest BCUT2D eigenvalue weighted by Gasteiger charge is -2.27. The summed E-state index contributed by atoms with van der Waals surface area (Å²) in [5, 5.41) is 3.40. The lowest BCUT2D eigenvalue weighted by atomic mass is 10.0. The topological polar surface area (TPSA) is 39.1 Å². The number of ether oxygens (including phenoxy) is 1. The molecule has 1 N–H and O–H groups in total. The molecule has 0 radical (unpaired) electrons. The van der Waals surface area contributed by atoms with E-state index in [2.05, 4.69) is 17.2 Å². The van der Waals surface area contributed by atoms with Gasteiger partial charge in [0, 0.05) is 32.0 Å². The molecule has 1 aliphatic rings. The van der Waals surface area contributed by atoms with Crippen molar-refractivity contribution in [1.29, 1.82) is 0 Å². The van der Waals surface area contributed by atoms with Gasteiger partial charge in [0.1, 0.15) is 6.10 Å². The minimum absolute atomic E-state index is 0.271. The Morgan fingerprint density at radius 1 is 1.57 bits per heavy atom. The first-order valence-electron chi connectivity index (χ1n) is 5.13. The Kier molecular flexibility index (Phi) is 2.72. The van der Waals surface area contributed by atoms with Crippen LogP contribution in [0.25, 0.3) is 0 Å². The summed E-state index contributed by atoms with van der Waals surface area (Å²) >= 11 is 0. The number of hydrogen-bond donors (Lipinski definition) is 1. The summed E-state index contributed by atoms with van der Waals surface area (Å²) in [5.74, 6) is 0. The van der Waals surface area contributed by atoms with Crippen LogP contribution in [0.3, 0.4) is 0 Å². The molecule has 2 unspecified atom stereocenters. The highest BCUT2D eigenvalue weighted by Gasteiger charge is 2.19. The van der Waals surface area contributed by atoms with Crippen LogP contribution < -0.4 is 10.1 Å². The molecule has 78 valence electrons. The third kappa shape index (κ3) is 2.07. The van der Waals surface area contributed by atoms with E-state index in [1.807, 2.05) is 17.8 Å². The number of hydrogen-bond acceptors (Lipinski definition) is 3. The Labute approximate surface area is 84.3 Å². The zero-order valence-electron chi connectivity index (χ0n) is 8.73. The lowest BCUT2D eigenvalue weighted by Crippen LogP contribution is -2.42. The van der Waals surface area contributed by atoms with E-state index in [4.69, 9.17) is 4.74 Å². The van der Waals surface area contributed by atoms with Gasteiger partial charge in [0.05, 0.1) is 0 Å². The summed E-state index contributed by atoms with van der Waals surface area (Å²) in [5.41, 5.74) is 0. The maximum absolute atomic E-state index is 5.76. The van der Waals surface area contributed by atoms with Gasteiger partial charge in [0.15, 0.2) is 0 Å². The summed E-state index contributed by atoms with van der Waals surface area (Å²) in [6.07, 6.45) is 6.21. The van der Waals surface area contributed by atoms with Crippen molar-refractivity contribution in [1.82, 2.24) is 14.9 Å². The molecule has 4 heteroatoms. The summed E-state index contributed by atoms with van der Waals surface area (Å²) < 4.78 is 7.66. The molecule has 1 aliphatic heterocycles. The first kappa shape index (κ1) is 9.52. The van der Waals surface area contributed by atoms with E-state index in [0.29, 0.717) is 12.1 Å². The molecule has 0 aliphatic carbocycles. The Bertz CT molecular complexity index is 289. The van der Waals surface area contributed by atoms with Crippen LogP contribution in [0.1, 0.15) is 19.8 Å². The summed E-state index contributed by atoms with van der Waals surface area (Å²) in [4.78, 5) is 4.14. The molecule has 0 bridgehead atoms. The molecule has 1 aromatic heterocycles. The molecule has 2 atom stereocenters. The zero-order chi connectivity index (χ0) is 9.97. The average Bonchev–Trinajstić information content (AvgIpc) is 2.56. The normalized spacial score (nSPS) is 27.6. The number of nitrogens with one attached hydrogen (secondary N) is 1. The smallest absolute Gasteiger partial charge is 0.296 e. The highest BCUT2D eigenvalue weighted by molar-refractivity contribution is 4.98. The van der Waals surface area contributed by atoms with Crippen LogP contribution in [-0.2, 0) is 7.05 Å². The molecule has 14 heavy (non-hydrogen) atoms. The van der Waals surface area contributed by atoms with Gasteiger partial charge in [-0.15, -0.1) is 0 Å². The van der Waals surface area contributed by atoms with Crippen molar-refractivity contribution < 1.29 is 4.74 Å². The average molecular weight is 195 g/mol. The van der Waals surface area contributed by atoms with Gasteiger partial charge in [-0.2, -0.15) is 0 Å². The molecular weight excluding hydrogens is 178 g/mol. The van der Waals surface area contributed by atoms with Gasteiger partial charge >= 0.3 is 0 Å². The van der Waals surface area contributed by atoms with Crippen molar-refractivity contribution in [3.05, 3.63) is 12.4 Å². The second-order valence-corrected chi connectivity index (χ2v) is 3.95. The van der Waals surface area contributed by atoms with E-state index in [9.17, 15) is 0 Å². The van der Waals surface area contributed by atoms with E-state index in [1.165, 1.54) is 6.42 Å². The van der Waals surface area contributed by atoms with Crippen LogP contribution in [0.2, 0.25) is 0 Å². The molecule has 4 nitrogen and oxygen atoms in total. The molecule has 1 saturated heterocycles. The summed E-state index contributed by atoms with van der Waals surface area (Å²) in [7, 11) is 1.95. The Balaban J connectivity index is 1.89. The molecule has 2 heterocycles. The number of imidazole rings is 1. The van der Waals surface area contributed by atoms with Crippen molar-refractivity contribution in [2.45, 2.75) is 31.9 Å². The lowest BCUT2D eigenvalue weighted by molar-refractivity contribution is 0.136. The molecule has 0 aromatic carbocycles. The van der Waals surface area contributed by atoms with Crippen molar-refractivity contribution in [3.63, 3.8) is 0 Å². The first-order valence-corrected chi connectivity index (χ1v) is 5.13. The van der Waals surface area contributed by atoms with Crippen molar-refractivity contribution in [2.75, 3.05) is 6.54 Å². The predicted molar refractivity (Wildman–Crippen MR) is 54.3 cm³/mol. The van der Waals surface area contributed by atoms with Gasteiger partial charge in [0.25, 0.3) is 6.01 Å². The molecule has 2 rings (SSSR count). The second-order valence-electron chi connectivity index (χ2n) is 3.95. The predicted octanol–water partition coefficient (Wildman–Crippen LogP) is 0.939. The number of aryl methyl sites for hydroxylation is 1. The maximum atomic E-state index is 5.76. The van der Waals surface area contributed by atoms with E-state index in [-0.39, 0.29) is 6.10 Å². The minimum Gasteiger partial charge on any atom is -0.460 e. The van der Waals surface area contributed by atoms with E-state index >= 15 is 0 Å². The van der Waals surface area contributed by atoms with E-state index in [0.717, 1.165) is 13.0 Å². The fourth-order valence-corrected chi connectivity index (χ4v) is 1.69. The van der Waals surface area contributed by atoms with Crippen LogP contribution in [0.5, 0.6) is 6.01 Å². The van der Waals surface area contributed by atoms with Gasteiger partial charge in [-0.1, -0.05) is 0 Å². The fourth-order valence-electron chi connectivity index (χ4n) is 1.69. The van der Waals surface area contributed by atoms with Crippen LogP contribution in [0, 0.1) is 0 Å². The zero-order valence-corrected chi connectivity index (χ0v) is 8.73. The summed E-state index contributed by atoms with van der Waals surface area (Å²) in [6, 6.07) is 1.34. The Morgan fingerprint density at radius 3 is 3.00 bits per heavy atom. The van der Waals surface area contributed by atoms with Gasteiger partial charge in [-0.3, -0.25) is 0 Å². The Hall–Kier alpha value is -1.03. The molecule has 0 spiro atoms. The summed E-state index contributed by atoms with van der Waals surface area (Å²) in [6.45, 7) is 3.13. The molecule has 1 aromatic rings. The molecule has 0 amide bonds. The van der Waals surface area contributed by atoms with Crippen molar-refractivity contribution >= 4 is 0 Å². The van der Waals surface area contributed by atoms with Crippen LogP contribution >= 0.6 is 0 Å². The van der Waals surface area contributed by atoms with E-state index in [1.54, 1.807) is 6.20 Å². The van der Waals surface area contributed by atoms with Crippen molar-refractivity contribution in [2.24, 2.45) is 7.05 Å². The Morgan fingerprint density at radius 2 is 2.43 bits per heavy atom. The SMILES string of the molecule is CC1CCC(Oc2nccn2C)CN1. The van der Waals surface area contributed by atoms with Gasteiger partial charge < -0.3 is 14.6 Å². The third-order valence-electron chi connectivity index (χ3n) is 2.66. The number of nitrogens with zero attached hydrogens (tertiary/aromatic N) is 2. The maximum Gasteiger partial charge on any atom is 0.296 e. The van der Waals surface area contributed by atoms with Gasteiger partial charge in [-0.25, -0.2) is 4.98 Å². The van der Waals surface area contributed by atoms with Gasteiger partial charge in [0.2, 0.25) is 0 Å². The molecular formula is C10H17N3O. The quantitative estimate of drug-likeness (QED) is 0.763. The first-order chi connectivity index (χ1) is 6.75. The third-order valence-corrected chi connectivity index (χ3v) is 2.66. The largest absolute Gasteiger partial charge is 0.460 e. The number of rotatable bonds is 2. The standard InChI is InChI=1S/C10H17N3O/c1-8-3-4-9(7-12-8)14-10-11-5-6-13(10)2/h5-6,8-9,12H,3-4,7H2,1-2H3. The molecule has 1 fully saturated rings. The van der Waals surface area contributed by atoms with Crippen LogP contribution in [0.15, 0.2) is 12.4 Å². The van der Waals surface area contributed by atoms with Crippen LogP contribution in [0.4, 0.5) is 0 Å². The van der Waals surface area contributed by atoms with Gasteiger partial charge in [-0.05, 0) is 19.8 Å². The monoisotopic (exact) mass is 195 g/mol. The fraction of sp³-hybridized carbons (Fsp3) is 0.700.